The summed E-state index contributed by atoms with van der Waals surface area (Å²) in [5, 5.41) is 5.80. The zero-order valence-corrected chi connectivity index (χ0v) is 14.7. The lowest BCUT2D eigenvalue weighted by atomic mass is 10.0. The van der Waals surface area contributed by atoms with Crippen LogP contribution in [0, 0.1) is 0 Å². The van der Waals surface area contributed by atoms with Crippen LogP contribution in [0.25, 0.3) is 10.8 Å². The Morgan fingerprint density at radius 2 is 1.88 bits per heavy atom. The van der Waals surface area contributed by atoms with Crippen LogP contribution in [0.3, 0.4) is 0 Å². The van der Waals surface area contributed by atoms with Crippen LogP contribution in [0.15, 0.2) is 60.7 Å². The zero-order chi connectivity index (χ0) is 17.8. The molecular weight excluding hydrogens is 312 g/mol. The maximum absolute atomic E-state index is 11.6. The first-order chi connectivity index (χ1) is 12.1. The summed E-state index contributed by atoms with van der Waals surface area (Å²) in [6.45, 7) is 2.19. The SMILES string of the molecule is COc1ccc2ccccc2c1CNc1cccc(N(C)C(C)=O)c1. The van der Waals surface area contributed by atoms with Gasteiger partial charge in [0.2, 0.25) is 5.91 Å². The van der Waals surface area contributed by atoms with Crippen LogP contribution < -0.4 is 15.0 Å². The molecule has 0 unspecified atom stereocenters. The summed E-state index contributed by atoms with van der Waals surface area (Å²) in [5.74, 6) is 0.871. The monoisotopic (exact) mass is 334 g/mol. The minimum Gasteiger partial charge on any atom is -0.496 e. The van der Waals surface area contributed by atoms with Crippen LogP contribution in [0.5, 0.6) is 5.75 Å². The van der Waals surface area contributed by atoms with E-state index in [2.05, 4.69) is 23.5 Å². The second kappa shape index (κ2) is 7.26. The van der Waals surface area contributed by atoms with E-state index in [1.54, 1.807) is 26.0 Å². The minimum atomic E-state index is 0.00729. The van der Waals surface area contributed by atoms with E-state index in [0.29, 0.717) is 6.54 Å². The van der Waals surface area contributed by atoms with E-state index in [1.165, 1.54) is 10.8 Å². The van der Waals surface area contributed by atoms with E-state index in [0.717, 1.165) is 22.7 Å². The maximum Gasteiger partial charge on any atom is 0.223 e. The first-order valence-electron chi connectivity index (χ1n) is 8.23. The number of hydrogen-bond donors (Lipinski definition) is 1. The Kier molecular flexibility index (Phi) is 4.89. The molecule has 0 aliphatic rings. The summed E-state index contributed by atoms with van der Waals surface area (Å²) in [6.07, 6.45) is 0. The van der Waals surface area contributed by atoms with Gasteiger partial charge in [-0.2, -0.15) is 0 Å². The van der Waals surface area contributed by atoms with E-state index in [4.69, 9.17) is 4.74 Å². The van der Waals surface area contributed by atoms with Gasteiger partial charge in [-0.1, -0.05) is 36.4 Å². The number of nitrogens with one attached hydrogen (secondary N) is 1. The van der Waals surface area contributed by atoms with Gasteiger partial charge in [-0.25, -0.2) is 0 Å². The molecule has 0 aliphatic carbocycles. The third kappa shape index (κ3) is 3.58. The summed E-state index contributed by atoms with van der Waals surface area (Å²) in [6, 6.07) is 20.2. The molecule has 0 radical (unpaired) electrons. The molecule has 3 aromatic carbocycles. The van der Waals surface area contributed by atoms with Crippen LogP contribution in [0.4, 0.5) is 11.4 Å². The maximum atomic E-state index is 11.6. The van der Waals surface area contributed by atoms with E-state index in [1.807, 2.05) is 42.5 Å². The summed E-state index contributed by atoms with van der Waals surface area (Å²) >= 11 is 0. The number of benzene rings is 3. The number of amides is 1. The minimum absolute atomic E-state index is 0.00729. The number of nitrogens with zero attached hydrogens (tertiary/aromatic N) is 1. The standard InChI is InChI=1S/C21H22N2O2/c1-15(24)23(2)18-9-6-8-17(13-18)22-14-20-19-10-5-4-7-16(19)11-12-21(20)25-3/h4-13,22H,14H2,1-3H3. The number of rotatable bonds is 5. The molecule has 0 bridgehead atoms. The smallest absolute Gasteiger partial charge is 0.223 e. The normalized spacial score (nSPS) is 10.5. The molecule has 4 nitrogen and oxygen atoms in total. The third-order valence-electron chi connectivity index (χ3n) is 4.39. The van der Waals surface area contributed by atoms with Crippen molar-refractivity contribution < 1.29 is 9.53 Å². The average Bonchev–Trinajstić information content (AvgIpc) is 2.65. The van der Waals surface area contributed by atoms with Crippen molar-refractivity contribution in [3.8, 4) is 5.75 Å². The molecule has 0 aromatic heterocycles. The highest BCUT2D eigenvalue weighted by Crippen LogP contribution is 2.29. The molecule has 3 aromatic rings. The van der Waals surface area contributed by atoms with E-state index >= 15 is 0 Å². The molecule has 1 amide bonds. The van der Waals surface area contributed by atoms with Gasteiger partial charge < -0.3 is 15.0 Å². The van der Waals surface area contributed by atoms with Crippen molar-refractivity contribution in [2.45, 2.75) is 13.5 Å². The van der Waals surface area contributed by atoms with Crippen molar-refractivity contribution in [2.24, 2.45) is 0 Å². The Hall–Kier alpha value is -3.01. The van der Waals surface area contributed by atoms with Gasteiger partial charge in [0.25, 0.3) is 0 Å². The predicted octanol–water partition coefficient (Wildman–Crippen LogP) is 4.44. The summed E-state index contributed by atoms with van der Waals surface area (Å²) in [5.41, 5.74) is 2.94. The fourth-order valence-electron chi connectivity index (χ4n) is 2.89. The Labute approximate surface area is 148 Å². The summed E-state index contributed by atoms with van der Waals surface area (Å²) in [7, 11) is 3.46. The summed E-state index contributed by atoms with van der Waals surface area (Å²) in [4.78, 5) is 13.2. The predicted molar refractivity (Wildman–Crippen MR) is 103 cm³/mol. The molecule has 25 heavy (non-hydrogen) atoms. The van der Waals surface area contributed by atoms with Gasteiger partial charge in [0.1, 0.15) is 5.75 Å². The Balaban J connectivity index is 1.88. The molecule has 0 spiro atoms. The number of anilines is 2. The van der Waals surface area contributed by atoms with Gasteiger partial charge in [-0.15, -0.1) is 0 Å². The topological polar surface area (TPSA) is 41.6 Å². The van der Waals surface area contributed by atoms with Crippen LogP contribution in [0.1, 0.15) is 12.5 Å². The molecule has 0 fully saturated rings. The highest BCUT2D eigenvalue weighted by atomic mass is 16.5. The number of methoxy groups -OCH3 is 1. The van der Waals surface area contributed by atoms with Gasteiger partial charge in [0, 0.05) is 37.5 Å². The molecule has 0 atom stereocenters. The van der Waals surface area contributed by atoms with Crippen molar-refractivity contribution >= 4 is 28.1 Å². The number of hydrogen-bond acceptors (Lipinski definition) is 3. The molecular formula is C21H22N2O2. The third-order valence-corrected chi connectivity index (χ3v) is 4.39. The number of fused-ring (bicyclic) bond motifs is 1. The van der Waals surface area contributed by atoms with Crippen molar-refractivity contribution in [1.82, 2.24) is 0 Å². The van der Waals surface area contributed by atoms with Gasteiger partial charge in [0.15, 0.2) is 0 Å². The molecule has 0 saturated carbocycles. The zero-order valence-electron chi connectivity index (χ0n) is 14.7. The van der Waals surface area contributed by atoms with Crippen molar-refractivity contribution in [1.29, 1.82) is 0 Å². The van der Waals surface area contributed by atoms with Crippen LogP contribution in [-0.2, 0) is 11.3 Å². The molecule has 128 valence electrons. The lowest BCUT2D eigenvalue weighted by Gasteiger charge is -2.17. The van der Waals surface area contributed by atoms with Gasteiger partial charge in [-0.3, -0.25) is 4.79 Å². The van der Waals surface area contributed by atoms with Crippen LogP contribution >= 0.6 is 0 Å². The van der Waals surface area contributed by atoms with E-state index < -0.39 is 0 Å². The first kappa shape index (κ1) is 16.8. The largest absolute Gasteiger partial charge is 0.496 e. The van der Waals surface area contributed by atoms with Crippen molar-refractivity contribution in [2.75, 3.05) is 24.4 Å². The highest BCUT2D eigenvalue weighted by molar-refractivity contribution is 5.91. The molecule has 0 aliphatic heterocycles. The lowest BCUT2D eigenvalue weighted by molar-refractivity contribution is -0.116. The fourth-order valence-corrected chi connectivity index (χ4v) is 2.89. The Morgan fingerprint density at radius 1 is 1.08 bits per heavy atom. The number of ether oxygens (including phenoxy) is 1. The Bertz CT molecular complexity index is 905. The van der Waals surface area contributed by atoms with Crippen LogP contribution in [0.2, 0.25) is 0 Å². The highest BCUT2D eigenvalue weighted by Gasteiger charge is 2.09. The second-order valence-electron chi connectivity index (χ2n) is 5.95. The average molecular weight is 334 g/mol. The van der Waals surface area contributed by atoms with Gasteiger partial charge in [0.05, 0.1) is 7.11 Å². The number of carbonyl (C=O) groups is 1. The van der Waals surface area contributed by atoms with Crippen molar-refractivity contribution in [3.05, 3.63) is 66.2 Å². The van der Waals surface area contributed by atoms with Gasteiger partial charge >= 0.3 is 0 Å². The molecule has 3 rings (SSSR count). The fraction of sp³-hybridized carbons (Fsp3) is 0.190. The van der Waals surface area contributed by atoms with Gasteiger partial charge in [-0.05, 0) is 35.0 Å². The number of carbonyl (C=O) groups excluding carboxylic acids is 1. The molecule has 0 saturated heterocycles. The van der Waals surface area contributed by atoms with Crippen molar-refractivity contribution in [3.63, 3.8) is 0 Å². The lowest BCUT2D eigenvalue weighted by Crippen LogP contribution is -2.22. The molecule has 0 heterocycles. The Morgan fingerprint density at radius 3 is 2.64 bits per heavy atom. The van der Waals surface area contributed by atoms with E-state index in [-0.39, 0.29) is 5.91 Å². The molecule has 1 N–H and O–H groups in total. The van der Waals surface area contributed by atoms with Crippen LogP contribution in [-0.4, -0.2) is 20.1 Å². The quantitative estimate of drug-likeness (QED) is 0.750. The summed E-state index contributed by atoms with van der Waals surface area (Å²) < 4.78 is 5.54. The second-order valence-corrected chi connectivity index (χ2v) is 5.95. The van der Waals surface area contributed by atoms with E-state index in [9.17, 15) is 4.79 Å². The first-order valence-corrected chi connectivity index (χ1v) is 8.23. The molecule has 4 heteroatoms.